The third-order valence-electron chi connectivity index (χ3n) is 3.78. The summed E-state index contributed by atoms with van der Waals surface area (Å²) in [6.45, 7) is 10.8. The molecule has 3 atom stereocenters. The van der Waals surface area contributed by atoms with Gasteiger partial charge in [-0.25, -0.2) is 9.59 Å². The number of carbonyl (C=O) groups is 2. The number of alkyl carbamates (subject to hydrolysis) is 1. The fourth-order valence-electron chi connectivity index (χ4n) is 2.29. The molecular weight excluding hydrogens is 258 g/mol. The van der Waals surface area contributed by atoms with Crippen molar-refractivity contribution in [1.82, 2.24) is 5.32 Å². The molecule has 1 aliphatic carbocycles. The maximum atomic E-state index is 11.9. The molecule has 0 aromatic rings. The second-order valence-corrected chi connectivity index (χ2v) is 6.75. The zero-order valence-corrected chi connectivity index (χ0v) is 12.7. The van der Waals surface area contributed by atoms with Crippen LogP contribution in [0.15, 0.2) is 12.7 Å². The average Bonchev–Trinajstić information content (AvgIpc) is 2.91. The van der Waals surface area contributed by atoms with Gasteiger partial charge in [0.25, 0.3) is 0 Å². The second kappa shape index (κ2) is 5.85. The van der Waals surface area contributed by atoms with Gasteiger partial charge in [0, 0.05) is 5.92 Å². The molecule has 0 aliphatic heterocycles. The minimum absolute atomic E-state index is 0.337. The highest BCUT2D eigenvalue weighted by Crippen LogP contribution is 2.49. The Balaban J connectivity index is 2.52. The van der Waals surface area contributed by atoms with Gasteiger partial charge >= 0.3 is 12.1 Å². The van der Waals surface area contributed by atoms with E-state index >= 15 is 0 Å². The summed E-state index contributed by atoms with van der Waals surface area (Å²) in [6.07, 6.45) is 3.84. The lowest BCUT2D eigenvalue weighted by Gasteiger charge is -2.28. The average molecular weight is 283 g/mol. The molecule has 1 saturated carbocycles. The van der Waals surface area contributed by atoms with Crippen LogP contribution in [-0.4, -0.2) is 28.8 Å². The first-order chi connectivity index (χ1) is 9.10. The van der Waals surface area contributed by atoms with E-state index in [0.717, 1.165) is 19.3 Å². The van der Waals surface area contributed by atoms with Crippen LogP contribution in [-0.2, 0) is 9.53 Å². The Hall–Kier alpha value is -1.52. The van der Waals surface area contributed by atoms with Crippen LogP contribution in [0.5, 0.6) is 0 Å². The lowest BCUT2D eigenvalue weighted by Crippen LogP contribution is -2.50. The fraction of sp³-hybridized carbons (Fsp3) is 0.733. The number of aliphatic carboxylic acids is 1. The Morgan fingerprint density at radius 2 is 2.15 bits per heavy atom. The molecule has 0 aromatic heterocycles. The summed E-state index contributed by atoms with van der Waals surface area (Å²) in [4.78, 5) is 23.0. The molecule has 114 valence electrons. The Labute approximate surface area is 120 Å². The minimum atomic E-state index is -1.06. The Morgan fingerprint density at radius 3 is 2.60 bits per heavy atom. The van der Waals surface area contributed by atoms with Crippen molar-refractivity contribution >= 4 is 12.1 Å². The molecule has 0 aromatic carbocycles. The van der Waals surface area contributed by atoms with E-state index in [1.165, 1.54) is 0 Å². The van der Waals surface area contributed by atoms with Gasteiger partial charge in [-0.1, -0.05) is 26.8 Å². The Bertz CT molecular complexity index is 399. The van der Waals surface area contributed by atoms with E-state index in [9.17, 15) is 9.59 Å². The summed E-state index contributed by atoms with van der Waals surface area (Å²) in [6, 6.07) is -0.969. The van der Waals surface area contributed by atoms with E-state index < -0.39 is 29.1 Å². The predicted molar refractivity (Wildman–Crippen MR) is 76.4 cm³/mol. The van der Waals surface area contributed by atoms with Crippen LogP contribution in [0.1, 0.15) is 47.0 Å². The first-order valence-corrected chi connectivity index (χ1v) is 6.93. The van der Waals surface area contributed by atoms with Gasteiger partial charge in [0.1, 0.15) is 11.6 Å². The molecule has 1 aliphatic rings. The number of amides is 1. The maximum absolute atomic E-state index is 11.9. The van der Waals surface area contributed by atoms with Gasteiger partial charge in [-0.2, -0.15) is 0 Å². The maximum Gasteiger partial charge on any atom is 0.408 e. The standard InChI is InChI=1S/C15H25NO4/c1-6-7-8-10-9-15(10,5)20-13(19)16-11(12(17)18)14(2,3)4/h6,10-11H,1,7-9H2,2-5H3,(H,16,19)(H,17,18)/t10?,11-,15+/m1/s1. The number of ether oxygens (including phenoxy) is 1. The van der Waals surface area contributed by atoms with Crippen molar-refractivity contribution < 1.29 is 19.4 Å². The zero-order chi connectivity index (χ0) is 15.6. The van der Waals surface area contributed by atoms with Crippen LogP contribution in [0.25, 0.3) is 0 Å². The molecule has 0 heterocycles. The van der Waals surface area contributed by atoms with E-state index in [-0.39, 0.29) is 0 Å². The molecule has 5 heteroatoms. The van der Waals surface area contributed by atoms with Crippen molar-refractivity contribution in [3.63, 3.8) is 0 Å². The number of rotatable bonds is 6. The summed E-state index contributed by atoms with van der Waals surface area (Å²) in [5, 5.41) is 11.6. The fourth-order valence-corrected chi connectivity index (χ4v) is 2.29. The van der Waals surface area contributed by atoms with Gasteiger partial charge < -0.3 is 15.2 Å². The topological polar surface area (TPSA) is 75.6 Å². The number of carbonyl (C=O) groups excluding carboxylic acids is 1. The summed E-state index contributed by atoms with van der Waals surface area (Å²) >= 11 is 0. The Morgan fingerprint density at radius 1 is 1.55 bits per heavy atom. The lowest BCUT2D eigenvalue weighted by molar-refractivity contribution is -0.142. The molecule has 2 N–H and O–H groups in total. The van der Waals surface area contributed by atoms with Crippen molar-refractivity contribution in [1.29, 1.82) is 0 Å². The second-order valence-electron chi connectivity index (χ2n) is 6.75. The highest BCUT2D eigenvalue weighted by molar-refractivity contribution is 5.80. The predicted octanol–water partition coefficient (Wildman–Crippen LogP) is 2.96. The lowest BCUT2D eigenvalue weighted by atomic mass is 9.87. The number of hydrogen-bond donors (Lipinski definition) is 2. The number of carboxylic acid groups (broad SMARTS) is 1. The van der Waals surface area contributed by atoms with Crippen molar-refractivity contribution in [3.05, 3.63) is 12.7 Å². The SMILES string of the molecule is C=CCCC1C[C@]1(C)OC(=O)N[C@H](C(=O)O)C(C)(C)C. The summed E-state index contributed by atoms with van der Waals surface area (Å²) in [5.74, 6) is -0.720. The Kier molecular flexibility index (Phi) is 4.84. The van der Waals surface area contributed by atoms with Crippen molar-refractivity contribution in [2.45, 2.75) is 58.6 Å². The van der Waals surface area contributed by atoms with E-state index in [2.05, 4.69) is 11.9 Å². The van der Waals surface area contributed by atoms with Crippen LogP contribution < -0.4 is 5.32 Å². The van der Waals surface area contributed by atoms with Crippen molar-refractivity contribution in [2.75, 3.05) is 0 Å². The molecule has 1 rings (SSSR count). The van der Waals surface area contributed by atoms with Gasteiger partial charge in [0.05, 0.1) is 0 Å². The molecule has 0 bridgehead atoms. The van der Waals surface area contributed by atoms with E-state index in [4.69, 9.17) is 9.84 Å². The monoisotopic (exact) mass is 283 g/mol. The molecule has 1 unspecified atom stereocenters. The van der Waals surface area contributed by atoms with Gasteiger partial charge in [-0.15, -0.1) is 6.58 Å². The largest absolute Gasteiger partial charge is 0.480 e. The third kappa shape index (κ3) is 4.25. The van der Waals surface area contributed by atoms with Gasteiger partial charge in [-0.05, 0) is 31.6 Å². The molecule has 1 fully saturated rings. The highest BCUT2D eigenvalue weighted by atomic mass is 16.6. The van der Waals surface area contributed by atoms with Crippen LogP contribution in [0.2, 0.25) is 0 Å². The number of allylic oxidation sites excluding steroid dienone is 1. The molecule has 0 saturated heterocycles. The van der Waals surface area contributed by atoms with Gasteiger partial charge in [-0.3, -0.25) is 0 Å². The number of carboxylic acids is 1. The van der Waals surface area contributed by atoms with Gasteiger partial charge in [0.2, 0.25) is 0 Å². The minimum Gasteiger partial charge on any atom is -0.480 e. The van der Waals surface area contributed by atoms with Gasteiger partial charge in [0.15, 0.2) is 0 Å². The van der Waals surface area contributed by atoms with Crippen LogP contribution in [0, 0.1) is 11.3 Å². The quantitative estimate of drug-likeness (QED) is 0.735. The van der Waals surface area contributed by atoms with Crippen molar-refractivity contribution in [2.24, 2.45) is 11.3 Å². The smallest absolute Gasteiger partial charge is 0.408 e. The molecule has 1 amide bonds. The molecule has 5 nitrogen and oxygen atoms in total. The molecule has 0 spiro atoms. The highest BCUT2D eigenvalue weighted by Gasteiger charge is 2.53. The number of hydrogen-bond acceptors (Lipinski definition) is 3. The first-order valence-electron chi connectivity index (χ1n) is 6.93. The normalized spacial score (nSPS) is 26.5. The zero-order valence-electron chi connectivity index (χ0n) is 12.7. The van der Waals surface area contributed by atoms with Crippen LogP contribution >= 0.6 is 0 Å². The molecule has 20 heavy (non-hydrogen) atoms. The van der Waals surface area contributed by atoms with Crippen LogP contribution in [0.4, 0.5) is 4.79 Å². The molecule has 0 radical (unpaired) electrons. The number of nitrogens with one attached hydrogen (secondary N) is 1. The van der Waals surface area contributed by atoms with E-state index in [0.29, 0.717) is 5.92 Å². The van der Waals surface area contributed by atoms with E-state index in [1.807, 2.05) is 13.0 Å². The summed E-state index contributed by atoms with van der Waals surface area (Å²) in [7, 11) is 0. The first kappa shape index (κ1) is 16.5. The third-order valence-corrected chi connectivity index (χ3v) is 3.78. The summed E-state index contributed by atoms with van der Waals surface area (Å²) < 4.78 is 5.39. The van der Waals surface area contributed by atoms with Crippen LogP contribution in [0.3, 0.4) is 0 Å². The van der Waals surface area contributed by atoms with Crippen molar-refractivity contribution in [3.8, 4) is 0 Å². The van der Waals surface area contributed by atoms with E-state index in [1.54, 1.807) is 20.8 Å². The summed E-state index contributed by atoms with van der Waals surface area (Å²) in [5.41, 5.74) is -1.04. The molecular formula is C15H25NO4.